The number of aromatic nitrogens is 3. The topological polar surface area (TPSA) is 75.4 Å². The lowest BCUT2D eigenvalue weighted by Crippen LogP contribution is -2.48. The highest BCUT2D eigenvalue weighted by atomic mass is 35.5. The molecular formula is C21H21ClFN5O2. The van der Waals surface area contributed by atoms with Gasteiger partial charge in [0.15, 0.2) is 0 Å². The first kappa shape index (κ1) is 20.4. The Hall–Kier alpha value is -2.84. The molecule has 0 spiro atoms. The average molecular weight is 430 g/mol. The zero-order valence-corrected chi connectivity index (χ0v) is 17.1. The Morgan fingerprint density at radius 2 is 1.90 bits per heavy atom. The van der Waals surface area contributed by atoms with Gasteiger partial charge in [-0.3, -0.25) is 14.7 Å². The molecule has 0 radical (unpaired) electrons. The van der Waals surface area contributed by atoms with Gasteiger partial charge in [0.1, 0.15) is 5.82 Å². The molecule has 1 fully saturated rings. The van der Waals surface area contributed by atoms with Crippen LogP contribution in [0.25, 0.3) is 11.4 Å². The molecule has 0 N–H and O–H groups in total. The van der Waals surface area contributed by atoms with Crippen molar-refractivity contribution in [2.45, 2.75) is 19.4 Å². The molecular weight excluding hydrogens is 409 g/mol. The van der Waals surface area contributed by atoms with E-state index in [2.05, 4.69) is 20.0 Å². The van der Waals surface area contributed by atoms with Crippen LogP contribution in [0, 0.1) is 5.82 Å². The lowest BCUT2D eigenvalue weighted by atomic mass is 10.2. The Morgan fingerprint density at radius 1 is 1.13 bits per heavy atom. The third-order valence-electron chi connectivity index (χ3n) is 5.09. The molecule has 1 aliphatic rings. The van der Waals surface area contributed by atoms with Gasteiger partial charge in [-0.25, -0.2) is 4.39 Å². The number of amides is 1. The normalized spacial score (nSPS) is 14.8. The molecule has 0 aliphatic carbocycles. The maximum atomic E-state index is 13.2. The zero-order valence-electron chi connectivity index (χ0n) is 16.3. The summed E-state index contributed by atoms with van der Waals surface area (Å²) in [5.41, 5.74) is 1.71. The highest BCUT2D eigenvalue weighted by Gasteiger charge is 2.22. The van der Waals surface area contributed by atoms with Crippen LogP contribution < -0.4 is 0 Å². The van der Waals surface area contributed by atoms with Gasteiger partial charge in [0.2, 0.25) is 17.6 Å². The molecule has 0 atom stereocenters. The number of piperazine rings is 1. The van der Waals surface area contributed by atoms with Gasteiger partial charge in [0.05, 0.1) is 0 Å². The van der Waals surface area contributed by atoms with Crippen LogP contribution in [0.5, 0.6) is 0 Å². The van der Waals surface area contributed by atoms with Gasteiger partial charge in [-0.05, 0) is 29.8 Å². The second-order valence-corrected chi connectivity index (χ2v) is 7.55. The summed E-state index contributed by atoms with van der Waals surface area (Å²) < 4.78 is 18.4. The van der Waals surface area contributed by atoms with Crippen molar-refractivity contribution in [3.05, 3.63) is 65.0 Å². The van der Waals surface area contributed by atoms with E-state index in [9.17, 15) is 9.18 Å². The van der Waals surface area contributed by atoms with E-state index in [0.717, 1.165) is 24.2 Å². The first-order chi connectivity index (χ1) is 14.6. The summed E-state index contributed by atoms with van der Waals surface area (Å²) in [6.45, 7) is 3.41. The molecule has 156 valence electrons. The smallest absolute Gasteiger partial charge is 0.227 e. The largest absolute Gasteiger partial charge is 0.340 e. The minimum absolute atomic E-state index is 0.0677. The summed E-state index contributed by atoms with van der Waals surface area (Å²) in [6.07, 6.45) is 4.06. The van der Waals surface area contributed by atoms with Crippen molar-refractivity contribution in [2.24, 2.45) is 0 Å². The van der Waals surface area contributed by atoms with E-state index in [0.29, 0.717) is 49.2 Å². The predicted molar refractivity (Wildman–Crippen MR) is 109 cm³/mol. The highest BCUT2D eigenvalue weighted by molar-refractivity contribution is 6.31. The van der Waals surface area contributed by atoms with E-state index in [4.69, 9.17) is 16.1 Å². The van der Waals surface area contributed by atoms with Crippen molar-refractivity contribution < 1.29 is 13.7 Å². The third kappa shape index (κ3) is 5.01. The molecule has 1 saturated heterocycles. The Labute approximate surface area is 178 Å². The third-order valence-corrected chi connectivity index (χ3v) is 5.45. The van der Waals surface area contributed by atoms with Crippen molar-refractivity contribution >= 4 is 17.5 Å². The quantitative estimate of drug-likeness (QED) is 0.599. The minimum atomic E-state index is -0.340. The average Bonchev–Trinajstić information content (AvgIpc) is 3.24. The fourth-order valence-corrected chi connectivity index (χ4v) is 3.62. The van der Waals surface area contributed by atoms with Crippen LogP contribution in [0.2, 0.25) is 5.02 Å². The van der Waals surface area contributed by atoms with E-state index in [1.807, 2.05) is 4.90 Å². The summed E-state index contributed by atoms with van der Waals surface area (Å²) in [5.74, 6) is 0.666. The zero-order chi connectivity index (χ0) is 20.9. The van der Waals surface area contributed by atoms with Gasteiger partial charge in [-0.15, -0.1) is 0 Å². The molecule has 3 aromatic rings. The maximum Gasteiger partial charge on any atom is 0.227 e. The van der Waals surface area contributed by atoms with Crippen LogP contribution in [0.15, 0.2) is 47.2 Å². The van der Waals surface area contributed by atoms with Crippen LogP contribution in [0.1, 0.15) is 17.9 Å². The molecule has 4 rings (SSSR count). The van der Waals surface area contributed by atoms with Gasteiger partial charge in [0.25, 0.3) is 0 Å². The number of carbonyl (C=O) groups is 1. The minimum Gasteiger partial charge on any atom is -0.340 e. The van der Waals surface area contributed by atoms with Crippen molar-refractivity contribution in [3.8, 4) is 11.4 Å². The molecule has 1 amide bonds. The first-order valence-corrected chi connectivity index (χ1v) is 10.1. The SMILES string of the molecule is O=C(CCc1nc(-c2ccncc2)no1)N1CCN(Cc2ccc(F)cc2Cl)CC1. The van der Waals surface area contributed by atoms with Crippen LogP contribution in [0.3, 0.4) is 0 Å². The second-order valence-electron chi connectivity index (χ2n) is 7.14. The van der Waals surface area contributed by atoms with Crippen LogP contribution in [-0.4, -0.2) is 57.0 Å². The first-order valence-electron chi connectivity index (χ1n) is 9.75. The van der Waals surface area contributed by atoms with Gasteiger partial charge in [-0.1, -0.05) is 22.8 Å². The summed E-state index contributed by atoms with van der Waals surface area (Å²) in [7, 11) is 0. The van der Waals surface area contributed by atoms with Gasteiger partial charge < -0.3 is 9.42 Å². The van der Waals surface area contributed by atoms with Crippen molar-refractivity contribution in [3.63, 3.8) is 0 Å². The monoisotopic (exact) mass is 429 g/mol. The molecule has 0 saturated carbocycles. The Kier molecular flexibility index (Phi) is 6.35. The number of hydrogen-bond donors (Lipinski definition) is 0. The fraction of sp³-hybridized carbons (Fsp3) is 0.333. The summed E-state index contributed by atoms with van der Waals surface area (Å²) in [5, 5.41) is 4.39. The van der Waals surface area contributed by atoms with Crippen molar-refractivity contribution in [1.82, 2.24) is 24.9 Å². The van der Waals surface area contributed by atoms with Gasteiger partial charge in [0, 0.05) is 68.5 Å². The van der Waals surface area contributed by atoms with Crippen molar-refractivity contribution in [2.75, 3.05) is 26.2 Å². The number of benzene rings is 1. The molecule has 1 aliphatic heterocycles. The number of halogens is 2. The van der Waals surface area contributed by atoms with Gasteiger partial charge >= 0.3 is 0 Å². The number of hydrogen-bond acceptors (Lipinski definition) is 6. The highest BCUT2D eigenvalue weighted by Crippen LogP contribution is 2.20. The van der Waals surface area contributed by atoms with E-state index >= 15 is 0 Å². The van der Waals surface area contributed by atoms with E-state index < -0.39 is 0 Å². The van der Waals surface area contributed by atoms with Crippen LogP contribution >= 0.6 is 11.6 Å². The lowest BCUT2D eigenvalue weighted by molar-refractivity contribution is -0.133. The molecule has 3 heterocycles. The molecule has 1 aromatic carbocycles. The Balaban J connectivity index is 1.24. The van der Waals surface area contributed by atoms with Crippen LogP contribution in [0.4, 0.5) is 4.39 Å². The molecule has 30 heavy (non-hydrogen) atoms. The van der Waals surface area contributed by atoms with Crippen LogP contribution in [-0.2, 0) is 17.8 Å². The van der Waals surface area contributed by atoms with Gasteiger partial charge in [-0.2, -0.15) is 4.98 Å². The Bertz CT molecular complexity index is 1010. The molecule has 7 nitrogen and oxygen atoms in total. The van der Waals surface area contributed by atoms with E-state index in [1.54, 1.807) is 30.6 Å². The summed E-state index contributed by atoms with van der Waals surface area (Å²) in [4.78, 5) is 24.9. The number of rotatable bonds is 6. The standard InChI is InChI=1S/C21H21ClFN5O2/c22-18-13-17(23)2-1-16(18)14-27-9-11-28(12-10-27)20(29)4-3-19-25-21(26-30-19)15-5-7-24-8-6-15/h1-2,5-8,13H,3-4,9-12,14H2. The number of aryl methyl sites for hydroxylation is 1. The second kappa shape index (κ2) is 9.32. The maximum absolute atomic E-state index is 13.2. The number of carbonyl (C=O) groups excluding carboxylic acids is 1. The van der Waals surface area contributed by atoms with E-state index in [1.165, 1.54) is 12.1 Å². The molecule has 0 unspecified atom stereocenters. The number of pyridine rings is 1. The lowest BCUT2D eigenvalue weighted by Gasteiger charge is -2.35. The summed E-state index contributed by atoms with van der Waals surface area (Å²) in [6, 6.07) is 8.06. The predicted octanol–water partition coefficient (Wildman–Crippen LogP) is 3.20. The molecule has 9 heteroatoms. The molecule has 2 aromatic heterocycles. The number of nitrogens with zero attached hydrogens (tertiary/aromatic N) is 5. The Morgan fingerprint density at radius 3 is 2.63 bits per heavy atom. The molecule has 0 bridgehead atoms. The summed E-state index contributed by atoms with van der Waals surface area (Å²) >= 11 is 6.11. The van der Waals surface area contributed by atoms with Crippen molar-refractivity contribution in [1.29, 1.82) is 0 Å². The fourth-order valence-electron chi connectivity index (χ4n) is 3.39. The van der Waals surface area contributed by atoms with E-state index in [-0.39, 0.29) is 11.7 Å².